The quantitative estimate of drug-likeness (QED) is 0.391. The van der Waals surface area contributed by atoms with Gasteiger partial charge >= 0.3 is 6.98 Å². The molecule has 2 aliphatic heterocycles. The van der Waals surface area contributed by atoms with Gasteiger partial charge in [-0.15, -0.1) is 0 Å². The van der Waals surface area contributed by atoms with Crippen LogP contribution in [0.4, 0.5) is 18.6 Å². The van der Waals surface area contributed by atoms with E-state index in [1.165, 1.54) is 0 Å². The van der Waals surface area contributed by atoms with Crippen LogP contribution in [-0.2, 0) is 0 Å². The first kappa shape index (κ1) is 20.5. The number of hydrogen-bond donors (Lipinski definition) is 0. The second kappa shape index (κ2) is 6.38. The van der Waals surface area contributed by atoms with Gasteiger partial charge in [0.25, 0.3) is 0 Å². The van der Waals surface area contributed by atoms with Crippen LogP contribution in [0.3, 0.4) is 0 Å². The van der Waals surface area contributed by atoms with Crippen molar-refractivity contribution in [1.82, 2.24) is 0 Å². The zero-order chi connectivity index (χ0) is 20.4. The van der Waals surface area contributed by atoms with Crippen molar-refractivity contribution in [2.24, 2.45) is 11.3 Å². The zero-order valence-electron chi connectivity index (χ0n) is 17.7. The highest BCUT2D eigenvalue weighted by atomic mass is 19.4. The van der Waals surface area contributed by atoms with Crippen LogP contribution in [0.5, 0.6) is 0 Å². The van der Waals surface area contributed by atoms with Gasteiger partial charge in [0.1, 0.15) is 5.61 Å². The molecule has 0 spiro atoms. The Morgan fingerprint density at radius 3 is 1.93 bits per heavy atom. The number of benzene rings is 1. The van der Waals surface area contributed by atoms with Crippen molar-refractivity contribution in [3.8, 4) is 0 Å². The van der Waals surface area contributed by atoms with Crippen LogP contribution in [-0.4, -0.2) is 22.7 Å². The molecule has 1 saturated carbocycles. The molecule has 1 aromatic carbocycles. The largest absolute Gasteiger partial charge is 0.568 e. The number of para-hydroxylation sites is 1. The lowest BCUT2D eigenvalue weighted by molar-refractivity contribution is -0.556. The molecule has 150 valence electrons. The van der Waals surface area contributed by atoms with E-state index in [4.69, 9.17) is 0 Å². The molecule has 2 heterocycles. The summed E-state index contributed by atoms with van der Waals surface area (Å²) >= 11 is 0. The van der Waals surface area contributed by atoms with Crippen LogP contribution >= 0.6 is 0 Å². The molecule has 1 nitrogen and oxygen atoms in total. The van der Waals surface area contributed by atoms with Gasteiger partial charge in [-0.05, 0) is 24.2 Å². The van der Waals surface area contributed by atoms with Gasteiger partial charge in [-0.2, -0.15) is 0 Å². The Hall–Kier alpha value is -1.26. The summed E-state index contributed by atoms with van der Waals surface area (Å²) in [4.78, 5) is 0. The molecule has 0 saturated heterocycles. The Balaban J connectivity index is 2.48. The molecule has 3 aliphatic rings. The average Bonchev–Trinajstić information content (AvgIpc) is 2.54. The molecule has 0 aromatic heterocycles. The van der Waals surface area contributed by atoms with Gasteiger partial charge in [0, 0.05) is 36.3 Å². The first-order chi connectivity index (χ1) is 12.3. The fourth-order valence-electron chi connectivity index (χ4n) is 5.57. The van der Waals surface area contributed by atoms with Crippen molar-refractivity contribution in [3.63, 3.8) is 0 Å². The van der Waals surface area contributed by atoms with Crippen molar-refractivity contribution in [3.05, 3.63) is 29.3 Å². The van der Waals surface area contributed by atoms with E-state index in [0.29, 0.717) is 6.42 Å². The standard InChI is InChI=1S/C22H33BF3N/c1-14(2)17-9-8-10-18(15(3)4)19(17)27-20(23(24,25)26)22(7)12-11-21(27,6)13-16(22)5/h8-10,14-16H,11-13H2,1-7H3/t16-,21-,22+/m0/s1. The second-order valence-corrected chi connectivity index (χ2v) is 9.91. The minimum absolute atomic E-state index is 0.0414. The molecule has 0 N–H and O–H groups in total. The predicted octanol–water partition coefficient (Wildman–Crippen LogP) is 7.00. The highest BCUT2D eigenvalue weighted by molar-refractivity contribution is 6.92. The normalized spacial score (nSPS) is 31.3. The van der Waals surface area contributed by atoms with Crippen LogP contribution in [0.15, 0.2) is 18.2 Å². The maximum absolute atomic E-state index is 14.6. The average molecular weight is 379 g/mol. The summed E-state index contributed by atoms with van der Waals surface area (Å²) in [6, 6.07) is 6.04. The Kier molecular flexibility index (Phi) is 4.84. The Labute approximate surface area is 162 Å². The van der Waals surface area contributed by atoms with E-state index in [0.717, 1.165) is 29.7 Å². The molecule has 1 aliphatic carbocycles. The van der Waals surface area contributed by atoms with Gasteiger partial charge in [0.2, 0.25) is 5.69 Å². The number of fused-ring (bicyclic) bond motifs is 2. The summed E-state index contributed by atoms with van der Waals surface area (Å²) in [6.07, 6.45) is 2.25. The molecular formula is C22H33BF3N. The van der Waals surface area contributed by atoms with Gasteiger partial charge in [-0.3, -0.25) is 0 Å². The lowest BCUT2D eigenvalue weighted by Crippen LogP contribution is -2.65. The summed E-state index contributed by atoms with van der Waals surface area (Å²) < 4.78 is 45.5. The summed E-state index contributed by atoms with van der Waals surface area (Å²) in [5.74, 6) is 0.393. The summed E-state index contributed by atoms with van der Waals surface area (Å²) in [5.41, 5.74) is 1.36. The van der Waals surface area contributed by atoms with E-state index >= 15 is 0 Å². The minimum atomic E-state index is -5.08. The lowest BCUT2D eigenvalue weighted by atomic mass is 9.50. The van der Waals surface area contributed by atoms with Crippen LogP contribution in [0.2, 0.25) is 0 Å². The molecule has 0 radical (unpaired) electrons. The third kappa shape index (κ3) is 3.05. The minimum Gasteiger partial charge on any atom is -0.441 e. The van der Waals surface area contributed by atoms with Gasteiger partial charge in [-0.1, -0.05) is 59.7 Å². The zero-order valence-corrected chi connectivity index (χ0v) is 17.7. The highest BCUT2D eigenvalue weighted by Gasteiger charge is 2.64. The maximum atomic E-state index is 14.6. The fraction of sp³-hybridized carbons (Fsp3) is 0.682. The predicted molar refractivity (Wildman–Crippen MR) is 108 cm³/mol. The number of rotatable bonds is 4. The van der Waals surface area contributed by atoms with Crippen molar-refractivity contribution in [1.29, 1.82) is 0 Å². The van der Waals surface area contributed by atoms with Crippen LogP contribution in [0, 0.1) is 11.3 Å². The fourth-order valence-corrected chi connectivity index (χ4v) is 5.57. The molecule has 4 rings (SSSR count). The summed E-state index contributed by atoms with van der Waals surface area (Å²) in [5, 5.41) is 0. The third-order valence-electron chi connectivity index (χ3n) is 7.26. The van der Waals surface area contributed by atoms with Crippen molar-refractivity contribution in [2.75, 3.05) is 0 Å². The Bertz CT molecular complexity index is 754. The van der Waals surface area contributed by atoms with Gasteiger partial charge in [0.15, 0.2) is 5.54 Å². The van der Waals surface area contributed by atoms with Crippen molar-refractivity contribution < 1.29 is 17.5 Å². The molecule has 5 heteroatoms. The number of hydrogen-bond acceptors (Lipinski definition) is 0. The maximum Gasteiger partial charge on any atom is 0.568 e. The molecule has 0 unspecified atom stereocenters. The molecule has 0 amide bonds. The third-order valence-corrected chi connectivity index (χ3v) is 7.26. The van der Waals surface area contributed by atoms with Gasteiger partial charge in [-0.25, -0.2) is 4.58 Å². The molecular weight excluding hydrogens is 346 g/mol. The SMILES string of the molecule is CC(C)c1cccc(C(C)C)c1[N+]1=C([B-](F)(F)F)[C@]2(C)CC[C@@]1(C)C[C@@H]2C. The highest BCUT2D eigenvalue weighted by Crippen LogP contribution is 2.56. The summed E-state index contributed by atoms with van der Waals surface area (Å²) in [6.45, 7) is 9.14. The molecule has 27 heavy (non-hydrogen) atoms. The van der Waals surface area contributed by atoms with E-state index in [-0.39, 0.29) is 23.4 Å². The molecule has 1 fully saturated rings. The number of nitrogens with zero attached hydrogens (tertiary/aromatic N) is 1. The smallest absolute Gasteiger partial charge is 0.441 e. The van der Waals surface area contributed by atoms with Crippen LogP contribution in [0.25, 0.3) is 0 Å². The lowest BCUT2D eigenvalue weighted by Gasteiger charge is -2.54. The Morgan fingerprint density at radius 1 is 1.00 bits per heavy atom. The first-order valence-electron chi connectivity index (χ1n) is 10.3. The summed E-state index contributed by atoms with van der Waals surface area (Å²) in [7, 11) is 0. The van der Waals surface area contributed by atoms with Gasteiger partial charge < -0.3 is 12.9 Å². The molecule has 3 atom stereocenters. The van der Waals surface area contributed by atoms with Gasteiger partial charge in [0.05, 0.1) is 0 Å². The monoisotopic (exact) mass is 379 g/mol. The van der Waals surface area contributed by atoms with Crippen molar-refractivity contribution in [2.45, 2.75) is 85.1 Å². The first-order valence-corrected chi connectivity index (χ1v) is 10.3. The Morgan fingerprint density at radius 2 is 1.52 bits per heavy atom. The van der Waals surface area contributed by atoms with E-state index in [2.05, 4.69) is 27.7 Å². The molecule has 2 bridgehead atoms. The van der Waals surface area contributed by atoms with E-state index < -0.39 is 17.9 Å². The van der Waals surface area contributed by atoms with E-state index in [9.17, 15) is 12.9 Å². The number of halogens is 3. The van der Waals surface area contributed by atoms with Crippen LogP contribution in [0.1, 0.15) is 90.7 Å². The topological polar surface area (TPSA) is 3.01 Å². The molecule has 1 aromatic rings. The van der Waals surface area contributed by atoms with Crippen LogP contribution < -0.4 is 0 Å². The van der Waals surface area contributed by atoms with Crippen molar-refractivity contribution >= 4 is 18.3 Å². The second-order valence-electron chi connectivity index (χ2n) is 9.91. The van der Waals surface area contributed by atoms with E-state index in [1.54, 1.807) is 4.58 Å². The van der Waals surface area contributed by atoms with E-state index in [1.807, 2.05) is 39.0 Å².